The van der Waals surface area contributed by atoms with Crippen molar-refractivity contribution in [1.29, 1.82) is 0 Å². The molecule has 2 aliphatic heterocycles. The molecule has 1 fully saturated rings. The standard InChI is InChI=1S/C22H29NO8/c1-21(2,3)31-20(27)23-8-6-22(7-9-23)12-16(24)15-10-13(18(25)28-4)14(19(26)29-5)11-17(15)30-22/h10-11,16,24H,6-9,12H2,1-5H3. The van der Waals surface area contributed by atoms with Crippen molar-refractivity contribution < 1.29 is 38.4 Å². The van der Waals surface area contributed by atoms with Crippen LogP contribution in [0.4, 0.5) is 4.79 Å². The molecule has 0 radical (unpaired) electrons. The summed E-state index contributed by atoms with van der Waals surface area (Å²) in [6, 6.07) is 2.83. The summed E-state index contributed by atoms with van der Waals surface area (Å²) in [7, 11) is 2.43. The number of rotatable bonds is 2. The number of aliphatic hydroxyl groups excluding tert-OH is 1. The molecule has 2 heterocycles. The van der Waals surface area contributed by atoms with Crippen LogP contribution in [0.2, 0.25) is 0 Å². The molecule has 0 aliphatic carbocycles. The van der Waals surface area contributed by atoms with Crippen LogP contribution in [0.5, 0.6) is 5.75 Å². The van der Waals surface area contributed by atoms with Crippen molar-refractivity contribution >= 4 is 18.0 Å². The Balaban J connectivity index is 1.84. The van der Waals surface area contributed by atoms with E-state index in [9.17, 15) is 19.5 Å². The third-order valence-corrected chi connectivity index (χ3v) is 5.54. The molecule has 2 aliphatic rings. The Morgan fingerprint density at radius 1 is 1.06 bits per heavy atom. The molecular formula is C22H29NO8. The second kappa shape index (κ2) is 8.37. The Hall–Kier alpha value is -2.81. The van der Waals surface area contributed by atoms with Gasteiger partial charge in [0.25, 0.3) is 0 Å². The molecule has 0 bridgehead atoms. The van der Waals surface area contributed by atoms with Gasteiger partial charge in [0.1, 0.15) is 17.0 Å². The fourth-order valence-corrected chi connectivity index (χ4v) is 3.97. The van der Waals surface area contributed by atoms with Gasteiger partial charge in [-0.05, 0) is 32.9 Å². The number of likely N-dealkylation sites (tertiary alicyclic amines) is 1. The van der Waals surface area contributed by atoms with E-state index in [1.165, 1.54) is 26.4 Å². The molecule has 9 heteroatoms. The molecule has 0 saturated carbocycles. The quantitative estimate of drug-likeness (QED) is 0.558. The first-order valence-corrected chi connectivity index (χ1v) is 10.2. The lowest BCUT2D eigenvalue weighted by Gasteiger charge is -2.46. The maximum Gasteiger partial charge on any atom is 0.410 e. The number of nitrogens with zero attached hydrogens (tertiary/aromatic N) is 1. The van der Waals surface area contributed by atoms with Crippen molar-refractivity contribution in [2.45, 2.75) is 57.3 Å². The number of benzene rings is 1. The van der Waals surface area contributed by atoms with Crippen LogP contribution in [0.1, 0.15) is 72.4 Å². The molecule has 1 unspecified atom stereocenters. The van der Waals surface area contributed by atoms with Crippen molar-refractivity contribution in [1.82, 2.24) is 4.90 Å². The van der Waals surface area contributed by atoms with Gasteiger partial charge in [-0.2, -0.15) is 0 Å². The minimum atomic E-state index is -0.896. The number of piperidine rings is 1. The minimum Gasteiger partial charge on any atom is -0.487 e. The average molecular weight is 435 g/mol. The average Bonchev–Trinajstić information content (AvgIpc) is 2.71. The molecule has 170 valence electrons. The van der Waals surface area contributed by atoms with Gasteiger partial charge in [-0.1, -0.05) is 0 Å². The van der Waals surface area contributed by atoms with Gasteiger partial charge in [0.05, 0.1) is 31.5 Å². The Kier molecular flexibility index (Phi) is 6.18. The molecule has 1 saturated heterocycles. The zero-order chi connectivity index (χ0) is 23.0. The number of aliphatic hydroxyl groups is 1. The summed E-state index contributed by atoms with van der Waals surface area (Å²) in [4.78, 5) is 38.3. The monoisotopic (exact) mass is 435 g/mol. The number of amides is 1. The second-order valence-electron chi connectivity index (χ2n) is 8.89. The number of fused-ring (bicyclic) bond motifs is 1. The van der Waals surface area contributed by atoms with Gasteiger partial charge in [0, 0.05) is 37.9 Å². The fourth-order valence-electron chi connectivity index (χ4n) is 3.97. The number of hydrogen-bond donors (Lipinski definition) is 1. The molecule has 1 aromatic rings. The van der Waals surface area contributed by atoms with E-state index in [2.05, 4.69) is 0 Å². The molecule has 3 rings (SSSR count). The number of carbonyl (C=O) groups is 3. The summed E-state index contributed by atoms with van der Waals surface area (Å²) in [6.45, 7) is 6.28. The van der Waals surface area contributed by atoms with Crippen LogP contribution in [0.25, 0.3) is 0 Å². The normalized spacial score (nSPS) is 19.8. The Bertz CT molecular complexity index is 880. The van der Waals surface area contributed by atoms with E-state index in [4.69, 9.17) is 18.9 Å². The Morgan fingerprint density at radius 2 is 1.61 bits per heavy atom. The lowest BCUT2D eigenvalue weighted by molar-refractivity contribution is -0.0570. The lowest BCUT2D eigenvalue weighted by atomic mass is 9.81. The summed E-state index contributed by atoms with van der Waals surface area (Å²) in [5, 5.41) is 10.8. The van der Waals surface area contributed by atoms with Crippen LogP contribution < -0.4 is 4.74 Å². The number of hydrogen-bond acceptors (Lipinski definition) is 8. The van der Waals surface area contributed by atoms with E-state index in [0.717, 1.165) is 0 Å². The van der Waals surface area contributed by atoms with Crippen LogP contribution in [0.15, 0.2) is 12.1 Å². The number of carbonyl (C=O) groups excluding carboxylic acids is 3. The van der Waals surface area contributed by atoms with E-state index in [1.807, 2.05) is 20.8 Å². The molecule has 1 N–H and O–H groups in total. The van der Waals surface area contributed by atoms with Crippen molar-refractivity contribution in [3.05, 3.63) is 28.8 Å². The number of ether oxygens (including phenoxy) is 4. The van der Waals surface area contributed by atoms with Crippen molar-refractivity contribution in [3.63, 3.8) is 0 Å². The van der Waals surface area contributed by atoms with Gasteiger partial charge < -0.3 is 29.0 Å². The summed E-state index contributed by atoms with van der Waals surface area (Å²) >= 11 is 0. The first kappa shape index (κ1) is 22.9. The molecule has 31 heavy (non-hydrogen) atoms. The van der Waals surface area contributed by atoms with Gasteiger partial charge in [-0.15, -0.1) is 0 Å². The zero-order valence-electron chi connectivity index (χ0n) is 18.5. The van der Waals surface area contributed by atoms with Crippen LogP contribution >= 0.6 is 0 Å². The lowest BCUT2D eigenvalue weighted by Crippen LogP contribution is -2.52. The van der Waals surface area contributed by atoms with Crippen molar-refractivity contribution in [3.8, 4) is 5.75 Å². The van der Waals surface area contributed by atoms with Gasteiger partial charge in [0.2, 0.25) is 0 Å². The highest BCUT2D eigenvalue weighted by atomic mass is 16.6. The summed E-state index contributed by atoms with van der Waals surface area (Å²) in [6.07, 6.45) is 0.0199. The smallest absolute Gasteiger partial charge is 0.410 e. The topological polar surface area (TPSA) is 112 Å². The fraction of sp³-hybridized carbons (Fsp3) is 0.591. The van der Waals surface area contributed by atoms with Gasteiger partial charge >= 0.3 is 18.0 Å². The largest absolute Gasteiger partial charge is 0.487 e. The molecule has 1 atom stereocenters. The molecule has 1 spiro atoms. The van der Waals surface area contributed by atoms with Crippen molar-refractivity contribution in [2.75, 3.05) is 27.3 Å². The van der Waals surface area contributed by atoms with Crippen LogP contribution in [-0.2, 0) is 14.2 Å². The van der Waals surface area contributed by atoms with Crippen LogP contribution in [-0.4, -0.2) is 66.5 Å². The SMILES string of the molecule is COC(=O)c1cc2c(cc1C(=O)OC)C(O)CC1(CCN(C(=O)OC(C)(C)C)CC1)O2. The van der Waals surface area contributed by atoms with Crippen molar-refractivity contribution in [2.24, 2.45) is 0 Å². The van der Waals surface area contributed by atoms with E-state index in [0.29, 0.717) is 43.7 Å². The van der Waals surface area contributed by atoms with E-state index in [-0.39, 0.29) is 17.2 Å². The summed E-state index contributed by atoms with van der Waals surface area (Å²) < 4.78 is 21.2. The van der Waals surface area contributed by atoms with Gasteiger partial charge in [0.15, 0.2) is 0 Å². The molecule has 0 aromatic heterocycles. The molecule has 1 amide bonds. The predicted octanol–water partition coefficient (Wildman–Crippen LogP) is 2.85. The molecule has 1 aromatic carbocycles. The number of esters is 2. The first-order chi connectivity index (χ1) is 14.5. The predicted molar refractivity (Wildman–Crippen MR) is 109 cm³/mol. The first-order valence-electron chi connectivity index (χ1n) is 10.2. The Labute approximate surface area is 181 Å². The highest BCUT2D eigenvalue weighted by Gasteiger charge is 2.45. The van der Waals surface area contributed by atoms with Gasteiger partial charge in [-0.3, -0.25) is 0 Å². The third-order valence-electron chi connectivity index (χ3n) is 5.54. The highest BCUT2D eigenvalue weighted by molar-refractivity contribution is 6.03. The van der Waals surface area contributed by atoms with E-state index < -0.39 is 29.2 Å². The molecule has 9 nitrogen and oxygen atoms in total. The maximum atomic E-state index is 12.3. The molecular weight excluding hydrogens is 406 g/mol. The third kappa shape index (κ3) is 4.76. The minimum absolute atomic E-state index is 0.00328. The summed E-state index contributed by atoms with van der Waals surface area (Å²) in [5.41, 5.74) is -0.849. The summed E-state index contributed by atoms with van der Waals surface area (Å²) in [5.74, 6) is -1.10. The zero-order valence-corrected chi connectivity index (χ0v) is 18.5. The maximum absolute atomic E-state index is 12.3. The second-order valence-corrected chi connectivity index (χ2v) is 8.89. The van der Waals surface area contributed by atoms with Crippen LogP contribution in [0, 0.1) is 0 Å². The number of methoxy groups -OCH3 is 2. The van der Waals surface area contributed by atoms with E-state index in [1.54, 1.807) is 4.90 Å². The van der Waals surface area contributed by atoms with E-state index >= 15 is 0 Å². The van der Waals surface area contributed by atoms with Gasteiger partial charge in [-0.25, -0.2) is 14.4 Å². The van der Waals surface area contributed by atoms with Crippen LogP contribution in [0.3, 0.4) is 0 Å². The Morgan fingerprint density at radius 3 is 2.13 bits per heavy atom. The highest BCUT2D eigenvalue weighted by Crippen LogP contribution is 2.45.